The lowest BCUT2D eigenvalue weighted by Gasteiger charge is -2.24. The molecule has 0 fully saturated rings. The molecule has 3 aromatic rings. The molecule has 2 aromatic carbocycles. The van der Waals surface area contributed by atoms with Crippen molar-refractivity contribution >= 4 is 23.8 Å². The maximum absolute atomic E-state index is 13.3. The fraction of sp³-hybridized carbons (Fsp3) is 0.387. The van der Waals surface area contributed by atoms with E-state index in [4.69, 9.17) is 9.47 Å². The van der Waals surface area contributed by atoms with Gasteiger partial charge >= 0.3 is 11.9 Å². The predicted octanol–water partition coefficient (Wildman–Crippen LogP) is 2.35. The Bertz CT molecular complexity index is 1320. The van der Waals surface area contributed by atoms with Gasteiger partial charge in [0.15, 0.2) is 5.69 Å². The molecule has 6 N–H and O–H groups in total. The van der Waals surface area contributed by atoms with Crippen LogP contribution in [0.15, 0.2) is 67.0 Å². The number of aromatic amines is 1. The Balaban J connectivity index is 1.75. The van der Waals surface area contributed by atoms with E-state index in [1.165, 1.54) is 6.33 Å². The van der Waals surface area contributed by atoms with Gasteiger partial charge in [-0.1, -0.05) is 60.7 Å². The van der Waals surface area contributed by atoms with E-state index in [1.807, 2.05) is 60.7 Å². The van der Waals surface area contributed by atoms with Crippen molar-refractivity contribution in [1.82, 2.24) is 20.6 Å². The van der Waals surface area contributed by atoms with Gasteiger partial charge in [0, 0.05) is 6.42 Å². The molecule has 2 amide bonds. The molecule has 1 aromatic heterocycles. The first kappa shape index (κ1) is 32.0. The number of aromatic nitrogens is 2. The summed E-state index contributed by atoms with van der Waals surface area (Å²) in [5.74, 6) is -2.65. The first-order valence-corrected chi connectivity index (χ1v) is 14.0. The van der Waals surface area contributed by atoms with Crippen LogP contribution >= 0.6 is 0 Å². The molecule has 0 radical (unpaired) electrons. The number of benzene rings is 2. The number of hydrogen-bond acceptors (Lipinski definition) is 7. The minimum Gasteiger partial charge on any atom is -0.459 e. The minimum atomic E-state index is -1.05. The quantitative estimate of drug-likeness (QED) is 0.168. The molecule has 11 nitrogen and oxygen atoms in total. The zero-order valence-corrected chi connectivity index (χ0v) is 24.4. The Kier molecular flexibility index (Phi) is 11.8. The number of nitrogens with one attached hydrogen (secondary N) is 3. The molecular weight excluding hydrogens is 538 g/mol. The van der Waals surface area contributed by atoms with Gasteiger partial charge < -0.3 is 30.8 Å². The number of quaternary nitrogens is 1. The fourth-order valence-electron chi connectivity index (χ4n) is 4.12. The Hall–Kier alpha value is -4.51. The van der Waals surface area contributed by atoms with Crippen molar-refractivity contribution in [3.05, 3.63) is 89.5 Å². The van der Waals surface area contributed by atoms with E-state index in [0.717, 1.165) is 17.5 Å². The standard InChI is InChI=1S/C31H39N5O6/c1-31(2,3)42-30(40)23(16-10-11-17-32)35-27(37)25-26(34-20-33-25)28(38)36-24(18-21-12-6-4-7-13-21)29(39)41-19-22-14-8-5-9-15-22/h4-9,12-15,20,23-24H,10-11,16-19,32H2,1-3H3,(H,33,34)(H,35,37)(H,36,38)/p+1/t23-,24-/m0/s1. The molecule has 42 heavy (non-hydrogen) atoms. The molecule has 11 heteroatoms. The van der Waals surface area contributed by atoms with Crippen LogP contribution in [0.2, 0.25) is 0 Å². The van der Waals surface area contributed by atoms with Crippen molar-refractivity contribution in [2.24, 2.45) is 0 Å². The van der Waals surface area contributed by atoms with Crippen molar-refractivity contribution in [2.45, 2.75) is 70.7 Å². The summed E-state index contributed by atoms with van der Waals surface area (Å²) >= 11 is 0. The van der Waals surface area contributed by atoms with Gasteiger partial charge in [-0.3, -0.25) is 9.59 Å². The Morgan fingerprint density at radius 3 is 2.10 bits per heavy atom. The lowest BCUT2D eigenvalue weighted by Crippen LogP contribution is -2.50. The smallest absolute Gasteiger partial charge is 0.329 e. The number of carbonyl (C=O) groups is 4. The third-order valence-electron chi connectivity index (χ3n) is 6.17. The van der Waals surface area contributed by atoms with E-state index in [-0.39, 0.29) is 24.4 Å². The highest BCUT2D eigenvalue weighted by Crippen LogP contribution is 2.14. The topological polar surface area (TPSA) is 167 Å². The predicted molar refractivity (Wildman–Crippen MR) is 155 cm³/mol. The summed E-state index contributed by atoms with van der Waals surface area (Å²) in [6.07, 6.45) is 3.14. The van der Waals surface area contributed by atoms with Crippen molar-refractivity contribution < 1.29 is 34.4 Å². The van der Waals surface area contributed by atoms with E-state index in [1.54, 1.807) is 20.8 Å². The number of ether oxygens (including phenoxy) is 2. The van der Waals surface area contributed by atoms with Crippen molar-refractivity contribution in [3.8, 4) is 0 Å². The van der Waals surface area contributed by atoms with Gasteiger partial charge in [-0.2, -0.15) is 0 Å². The van der Waals surface area contributed by atoms with Crippen LogP contribution in [0.5, 0.6) is 0 Å². The SMILES string of the molecule is CC(C)(C)OC(=O)[C@H](CCCC[NH3+])NC(=O)c1[nH]cnc1C(=O)N[C@@H](Cc1ccccc1)C(=O)OCc1ccccc1. The van der Waals surface area contributed by atoms with Crippen molar-refractivity contribution in [2.75, 3.05) is 6.54 Å². The molecular formula is C31H40N5O6+. The minimum absolute atomic E-state index is 0.0387. The van der Waals surface area contributed by atoms with Gasteiger partial charge in [0.2, 0.25) is 0 Å². The highest BCUT2D eigenvalue weighted by molar-refractivity contribution is 6.06. The average Bonchev–Trinajstić information content (AvgIpc) is 3.46. The van der Waals surface area contributed by atoms with Crippen LogP contribution in [-0.4, -0.2) is 58.0 Å². The summed E-state index contributed by atoms with van der Waals surface area (Å²) < 4.78 is 11.0. The van der Waals surface area contributed by atoms with Gasteiger partial charge in [0.05, 0.1) is 12.9 Å². The van der Waals surface area contributed by atoms with E-state index >= 15 is 0 Å². The molecule has 0 spiro atoms. The first-order chi connectivity index (χ1) is 20.1. The number of hydrogen-bond donors (Lipinski definition) is 4. The van der Waals surface area contributed by atoms with Crippen LogP contribution in [0.25, 0.3) is 0 Å². The van der Waals surface area contributed by atoms with E-state index in [2.05, 4.69) is 26.3 Å². The molecule has 2 atom stereocenters. The van der Waals surface area contributed by atoms with Crippen molar-refractivity contribution in [3.63, 3.8) is 0 Å². The maximum atomic E-state index is 13.3. The van der Waals surface area contributed by atoms with Gasteiger partial charge in [-0.25, -0.2) is 14.6 Å². The maximum Gasteiger partial charge on any atom is 0.329 e. The zero-order chi connectivity index (χ0) is 30.5. The molecule has 1 heterocycles. The van der Waals surface area contributed by atoms with Crippen LogP contribution in [0.3, 0.4) is 0 Å². The monoisotopic (exact) mass is 578 g/mol. The third-order valence-corrected chi connectivity index (χ3v) is 6.17. The fourth-order valence-corrected chi connectivity index (χ4v) is 4.12. The van der Waals surface area contributed by atoms with E-state index < -0.39 is 41.4 Å². The number of H-pyrrole nitrogens is 1. The number of nitrogens with zero attached hydrogens (tertiary/aromatic N) is 1. The molecule has 0 aliphatic rings. The van der Waals surface area contributed by atoms with E-state index in [0.29, 0.717) is 19.4 Å². The largest absolute Gasteiger partial charge is 0.459 e. The second-order valence-electron chi connectivity index (χ2n) is 10.8. The highest BCUT2D eigenvalue weighted by Gasteiger charge is 2.31. The van der Waals surface area contributed by atoms with Gasteiger partial charge in [0.25, 0.3) is 11.8 Å². The number of imidazole rings is 1. The summed E-state index contributed by atoms with van der Waals surface area (Å²) in [6, 6.07) is 16.4. The van der Waals surface area contributed by atoms with Crippen molar-refractivity contribution in [1.29, 1.82) is 0 Å². The van der Waals surface area contributed by atoms with Gasteiger partial charge in [0.1, 0.15) is 30.0 Å². The van der Waals surface area contributed by atoms with Crippen LogP contribution in [0.1, 0.15) is 72.1 Å². The third kappa shape index (κ3) is 10.2. The van der Waals surface area contributed by atoms with E-state index in [9.17, 15) is 19.2 Å². The van der Waals surface area contributed by atoms with Crippen LogP contribution in [0, 0.1) is 0 Å². The second kappa shape index (κ2) is 15.5. The summed E-state index contributed by atoms with van der Waals surface area (Å²) in [7, 11) is 0. The highest BCUT2D eigenvalue weighted by atomic mass is 16.6. The number of carbonyl (C=O) groups excluding carboxylic acids is 4. The lowest BCUT2D eigenvalue weighted by molar-refractivity contribution is -0.368. The number of unbranched alkanes of at least 4 members (excludes halogenated alkanes) is 1. The molecule has 0 unspecified atom stereocenters. The molecule has 0 bridgehead atoms. The van der Waals surface area contributed by atoms with Gasteiger partial charge in [-0.15, -0.1) is 0 Å². The first-order valence-electron chi connectivity index (χ1n) is 14.0. The molecule has 0 aliphatic carbocycles. The Morgan fingerprint density at radius 2 is 1.48 bits per heavy atom. The Labute approximate surface area is 245 Å². The van der Waals surface area contributed by atoms with Crippen LogP contribution < -0.4 is 16.4 Å². The number of esters is 2. The lowest BCUT2D eigenvalue weighted by atomic mass is 10.1. The molecule has 3 rings (SSSR count). The normalized spacial score (nSPS) is 12.6. The summed E-state index contributed by atoms with van der Waals surface area (Å²) in [6.45, 7) is 5.96. The van der Waals surface area contributed by atoms with Crippen LogP contribution in [0.4, 0.5) is 0 Å². The summed E-state index contributed by atoms with van der Waals surface area (Å²) in [5, 5.41) is 5.35. The summed E-state index contributed by atoms with van der Waals surface area (Å²) in [4.78, 5) is 59.2. The molecule has 224 valence electrons. The van der Waals surface area contributed by atoms with Crippen LogP contribution in [-0.2, 0) is 32.1 Å². The second-order valence-corrected chi connectivity index (χ2v) is 10.8. The summed E-state index contributed by atoms with van der Waals surface area (Å²) in [5.41, 5.74) is 4.32. The number of amides is 2. The molecule has 0 saturated heterocycles. The molecule has 0 aliphatic heterocycles. The molecule has 0 saturated carbocycles. The van der Waals surface area contributed by atoms with Gasteiger partial charge in [-0.05, 0) is 51.2 Å². The average molecular weight is 579 g/mol. The Morgan fingerprint density at radius 1 is 0.857 bits per heavy atom. The number of rotatable bonds is 14. The zero-order valence-electron chi connectivity index (χ0n) is 24.4.